The predicted octanol–water partition coefficient (Wildman–Crippen LogP) is 2.40. The second kappa shape index (κ2) is 6.88. The van der Waals surface area contributed by atoms with E-state index in [1.807, 2.05) is 19.9 Å². The highest BCUT2D eigenvalue weighted by molar-refractivity contribution is 7.92. The molecular formula is C15H22O4S. The van der Waals surface area contributed by atoms with Gasteiger partial charge in [0.15, 0.2) is 9.84 Å². The molecule has 0 N–H and O–H groups in total. The Labute approximate surface area is 121 Å². The number of esters is 1. The van der Waals surface area contributed by atoms with E-state index in [2.05, 4.69) is 0 Å². The van der Waals surface area contributed by atoms with Gasteiger partial charge in [-0.15, -0.1) is 0 Å². The Bertz CT molecular complexity index is 534. The van der Waals surface area contributed by atoms with Crippen LogP contribution in [-0.2, 0) is 19.4 Å². The van der Waals surface area contributed by atoms with Gasteiger partial charge in [0.2, 0.25) is 0 Å². The summed E-state index contributed by atoms with van der Waals surface area (Å²) in [6.07, 6.45) is 0. The van der Waals surface area contributed by atoms with Crippen molar-refractivity contribution in [1.82, 2.24) is 0 Å². The lowest BCUT2D eigenvalue weighted by Gasteiger charge is -2.20. The van der Waals surface area contributed by atoms with Crippen molar-refractivity contribution in [3.63, 3.8) is 0 Å². The van der Waals surface area contributed by atoms with E-state index in [4.69, 9.17) is 4.74 Å². The molecule has 0 aliphatic carbocycles. The van der Waals surface area contributed by atoms with Crippen molar-refractivity contribution in [3.05, 3.63) is 35.9 Å². The molecule has 0 spiro atoms. The molecule has 112 valence electrons. The van der Waals surface area contributed by atoms with E-state index < -0.39 is 27.0 Å². The average Bonchev–Trinajstić information content (AvgIpc) is 2.44. The molecule has 0 aliphatic rings. The summed E-state index contributed by atoms with van der Waals surface area (Å²) in [6.45, 7) is 5.40. The number of hydrogen-bond acceptors (Lipinski definition) is 4. The third-order valence-corrected chi connectivity index (χ3v) is 6.07. The summed E-state index contributed by atoms with van der Waals surface area (Å²) in [5.41, 5.74) is 0.666. The Morgan fingerprint density at radius 2 is 1.70 bits per heavy atom. The molecular weight excluding hydrogens is 276 g/mol. The molecule has 1 aromatic rings. The number of ether oxygens (including phenoxy) is 1. The normalized spacial score (nSPS) is 14.8. The second-order valence-electron chi connectivity index (χ2n) is 5.27. The fourth-order valence-corrected chi connectivity index (χ4v) is 3.85. The third kappa shape index (κ3) is 4.07. The molecule has 0 radical (unpaired) electrons. The first kappa shape index (κ1) is 16.7. The maximum Gasteiger partial charge on any atom is 0.314 e. The van der Waals surface area contributed by atoms with Gasteiger partial charge in [-0.1, -0.05) is 44.2 Å². The van der Waals surface area contributed by atoms with Crippen molar-refractivity contribution in [2.24, 2.45) is 5.92 Å². The lowest BCUT2D eigenvalue weighted by atomic mass is 10.0. The monoisotopic (exact) mass is 298 g/mol. The van der Waals surface area contributed by atoms with E-state index in [0.717, 1.165) is 0 Å². The maximum absolute atomic E-state index is 12.4. The maximum atomic E-state index is 12.4. The highest BCUT2D eigenvalue weighted by Gasteiger charge is 2.32. The zero-order valence-electron chi connectivity index (χ0n) is 12.4. The SMILES string of the molecule is COC(=O)C(CS(=O)(=O)C(C)C(C)C)c1ccccc1. The summed E-state index contributed by atoms with van der Waals surface area (Å²) in [7, 11) is -2.09. The van der Waals surface area contributed by atoms with E-state index >= 15 is 0 Å². The van der Waals surface area contributed by atoms with Gasteiger partial charge in [-0.3, -0.25) is 4.79 Å². The smallest absolute Gasteiger partial charge is 0.314 e. The summed E-state index contributed by atoms with van der Waals surface area (Å²) in [6, 6.07) is 8.88. The van der Waals surface area contributed by atoms with Crippen molar-refractivity contribution in [2.45, 2.75) is 31.9 Å². The fraction of sp³-hybridized carbons (Fsp3) is 0.533. The summed E-state index contributed by atoms with van der Waals surface area (Å²) >= 11 is 0. The topological polar surface area (TPSA) is 60.4 Å². The zero-order chi connectivity index (χ0) is 15.3. The number of rotatable bonds is 6. The van der Waals surface area contributed by atoms with Crippen LogP contribution in [0.4, 0.5) is 0 Å². The summed E-state index contributed by atoms with van der Waals surface area (Å²) < 4.78 is 29.5. The van der Waals surface area contributed by atoms with Crippen LogP contribution >= 0.6 is 0 Å². The van der Waals surface area contributed by atoms with Crippen LogP contribution < -0.4 is 0 Å². The quantitative estimate of drug-likeness (QED) is 0.757. The molecule has 5 heteroatoms. The molecule has 4 nitrogen and oxygen atoms in total. The highest BCUT2D eigenvalue weighted by atomic mass is 32.2. The molecule has 0 saturated carbocycles. The largest absolute Gasteiger partial charge is 0.469 e. The standard InChI is InChI=1S/C15H22O4S/c1-11(2)12(3)20(17,18)10-14(15(16)19-4)13-8-6-5-7-9-13/h5-9,11-12,14H,10H2,1-4H3. The number of sulfone groups is 1. The molecule has 20 heavy (non-hydrogen) atoms. The lowest BCUT2D eigenvalue weighted by Crippen LogP contribution is -2.31. The predicted molar refractivity (Wildman–Crippen MR) is 79.3 cm³/mol. The van der Waals surface area contributed by atoms with E-state index in [1.54, 1.807) is 31.2 Å². The number of benzene rings is 1. The van der Waals surface area contributed by atoms with Crippen molar-refractivity contribution in [2.75, 3.05) is 12.9 Å². The molecule has 1 aromatic carbocycles. The Balaban J connectivity index is 3.07. The number of hydrogen-bond donors (Lipinski definition) is 0. The molecule has 2 atom stereocenters. The number of carbonyl (C=O) groups is 1. The second-order valence-corrected chi connectivity index (χ2v) is 7.67. The van der Waals surface area contributed by atoms with Crippen LogP contribution in [0, 0.1) is 5.92 Å². The Morgan fingerprint density at radius 1 is 1.15 bits per heavy atom. The molecule has 0 bridgehead atoms. The van der Waals surface area contributed by atoms with Crippen LogP contribution in [0.3, 0.4) is 0 Å². The van der Waals surface area contributed by atoms with Crippen LogP contribution in [0.5, 0.6) is 0 Å². The van der Waals surface area contributed by atoms with Gasteiger partial charge in [-0.2, -0.15) is 0 Å². The van der Waals surface area contributed by atoms with Gasteiger partial charge in [0, 0.05) is 0 Å². The Hall–Kier alpha value is -1.36. The van der Waals surface area contributed by atoms with Crippen molar-refractivity contribution < 1.29 is 17.9 Å². The van der Waals surface area contributed by atoms with Gasteiger partial charge in [-0.25, -0.2) is 8.42 Å². The van der Waals surface area contributed by atoms with Crippen LogP contribution in [0.25, 0.3) is 0 Å². The van der Waals surface area contributed by atoms with Crippen molar-refractivity contribution >= 4 is 15.8 Å². The Morgan fingerprint density at radius 3 is 2.15 bits per heavy atom. The van der Waals surface area contributed by atoms with Gasteiger partial charge >= 0.3 is 5.97 Å². The Kier molecular flexibility index (Phi) is 5.74. The molecule has 2 unspecified atom stereocenters. The summed E-state index contributed by atoms with van der Waals surface area (Å²) in [4.78, 5) is 11.9. The average molecular weight is 298 g/mol. The molecule has 0 amide bonds. The molecule has 0 saturated heterocycles. The summed E-state index contributed by atoms with van der Waals surface area (Å²) in [5.74, 6) is -1.50. The van der Waals surface area contributed by atoms with Crippen LogP contribution in [-0.4, -0.2) is 32.5 Å². The van der Waals surface area contributed by atoms with E-state index in [9.17, 15) is 13.2 Å². The minimum absolute atomic E-state index is 0.00840. The van der Waals surface area contributed by atoms with Gasteiger partial charge in [0.05, 0.1) is 24.0 Å². The minimum atomic E-state index is -3.36. The first-order chi connectivity index (χ1) is 9.29. The fourth-order valence-electron chi connectivity index (χ4n) is 1.93. The van der Waals surface area contributed by atoms with Gasteiger partial charge in [0.1, 0.15) is 0 Å². The van der Waals surface area contributed by atoms with E-state index in [-0.39, 0.29) is 11.7 Å². The molecule has 1 rings (SSSR count). The highest BCUT2D eigenvalue weighted by Crippen LogP contribution is 2.23. The number of carbonyl (C=O) groups excluding carboxylic acids is 1. The van der Waals surface area contributed by atoms with E-state index in [0.29, 0.717) is 5.56 Å². The lowest BCUT2D eigenvalue weighted by molar-refractivity contribution is -0.141. The number of methoxy groups -OCH3 is 1. The molecule has 0 heterocycles. The van der Waals surface area contributed by atoms with Gasteiger partial charge < -0.3 is 4.74 Å². The van der Waals surface area contributed by atoms with Crippen LogP contribution in [0.1, 0.15) is 32.3 Å². The third-order valence-electron chi connectivity index (χ3n) is 3.59. The summed E-state index contributed by atoms with van der Waals surface area (Å²) in [5, 5.41) is -0.488. The van der Waals surface area contributed by atoms with E-state index in [1.165, 1.54) is 7.11 Å². The first-order valence-electron chi connectivity index (χ1n) is 6.64. The van der Waals surface area contributed by atoms with Crippen LogP contribution in [0.15, 0.2) is 30.3 Å². The zero-order valence-corrected chi connectivity index (χ0v) is 13.2. The van der Waals surface area contributed by atoms with Crippen molar-refractivity contribution in [3.8, 4) is 0 Å². The molecule has 0 fully saturated rings. The van der Waals surface area contributed by atoms with Crippen molar-refractivity contribution in [1.29, 1.82) is 0 Å². The minimum Gasteiger partial charge on any atom is -0.469 e. The molecule has 0 aromatic heterocycles. The van der Waals surface area contributed by atoms with Gasteiger partial charge in [0.25, 0.3) is 0 Å². The first-order valence-corrected chi connectivity index (χ1v) is 8.35. The molecule has 0 aliphatic heterocycles. The van der Waals surface area contributed by atoms with Gasteiger partial charge in [-0.05, 0) is 18.4 Å². The van der Waals surface area contributed by atoms with Crippen LogP contribution in [0.2, 0.25) is 0 Å².